The summed E-state index contributed by atoms with van der Waals surface area (Å²) in [5, 5.41) is 15.8. The number of nitrogens with zero attached hydrogens (tertiary/aromatic N) is 2. The van der Waals surface area contributed by atoms with Crippen molar-refractivity contribution < 1.29 is 9.90 Å². The van der Waals surface area contributed by atoms with Crippen LogP contribution in [0.25, 0.3) is 0 Å². The molecule has 1 amide bonds. The van der Waals surface area contributed by atoms with Crippen molar-refractivity contribution in [2.75, 3.05) is 6.61 Å². The van der Waals surface area contributed by atoms with Crippen molar-refractivity contribution in [3.63, 3.8) is 0 Å². The Bertz CT molecular complexity index is 551. The second kappa shape index (κ2) is 6.86. The van der Waals surface area contributed by atoms with E-state index in [0.717, 1.165) is 5.56 Å². The van der Waals surface area contributed by atoms with Crippen LogP contribution in [0.3, 0.4) is 0 Å². The van der Waals surface area contributed by atoms with E-state index in [0.29, 0.717) is 18.5 Å². The molecule has 0 aliphatic carbocycles. The summed E-state index contributed by atoms with van der Waals surface area (Å²) in [6.07, 6.45) is 3.84. The van der Waals surface area contributed by atoms with Crippen molar-refractivity contribution in [1.29, 1.82) is 0 Å². The van der Waals surface area contributed by atoms with Gasteiger partial charge in [-0.05, 0) is 18.9 Å². The molecule has 106 valence electrons. The summed E-state index contributed by atoms with van der Waals surface area (Å²) in [5.41, 5.74) is 1.67. The van der Waals surface area contributed by atoms with Gasteiger partial charge in [-0.3, -0.25) is 9.48 Å². The third-order valence-electron chi connectivity index (χ3n) is 3.02. The molecule has 0 spiro atoms. The first kappa shape index (κ1) is 14.3. The zero-order chi connectivity index (χ0) is 14.4. The molecule has 2 aromatic rings. The van der Waals surface area contributed by atoms with Gasteiger partial charge < -0.3 is 10.4 Å². The summed E-state index contributed by atoms with van der Waals surface area (Å²) in [6, 6.07) is 9.90. The minimum atomic E-state index is -0.162. The normalized spacial score (nSPS) is 12.1. The highest BCUT2D eigenvalue weighted by Crippen LogP contribution is 2.04. The molecule has 2 rings (SSSR count). The molecule has 1 aromatic carbocycles. The predicted molar refractivity (Wildman–Crippen MR) is 76.4 cm³/mol. The average Bonchev–Trinajstić information content (AvgIpc) is 2.89. The lowest BCUT2D eigenvalue weighted by molar-refractivity contribution is 0.0934. The third-order valence-corrected chi connectivity index (χ3v) is 3.02. The molecular formula is C15H19N3O2. The molecule has 2 N–H and O–H groups in total. The largest absolute Gasteiger partial charge is 0.396 e. The molecule has 0 radical (unpaired) electrons. The lowest BCUT2D eigenvalue weighted by Gasteiger charge is -2.10. The Balaban J connectivity index is 1.96. The van der Waals surface area contributed by atoms with Gasteiger partial charge in [0.05, 0.1) is 18.3 Å². The number of hydrogen-bond donors (Lipinski definition) is 2. The van der Waals surface area contributed by atoms with Crippen molar-refractivity contribution in [1.82, 2.24) is 15.1 Å². The predicted octanol–water partition coefficient (Wildman–Crippen LogP) is 1.43. The first-order valence-electron chi connectivity index (χ1n) is 6.67. The Kier molecular flexibility index (Phi) is 4.90. The van der Waals surface area contributed by atoms with Gasteiger partial charge in [-0.15, -0.1) is 0 Å². The monoisotopic (exact) mass is 273 g/mol. The standard InChI is InChI=1S/C15H19N3O2/c1-12(7-8-19)17-15(20)14-9-16-18(11-14)10-13-5-3-2-4-6-13/h2-6,9,11-12,19H,7-8,10H2,1H3,(H,17,20). The molecule has 20 heavy (non-hydrogen) atoms. The van der Waals surface area contributed by atoms with E-state index in [1.165, 1.54) is 0 Å². The Morgan fingerprint density at radius 3 is 2.85 bits per heavy atom. The van der Waals surface area contributed by atoms with Gasteiger partial charge in [0.25, 0.3) is 5.91 Å². The van der Waals surface area contributed by atoms with Crippen LogP contribution in [0, 0.1) is 0 Å². The summed E-state index contributed by atoms with van der Waals surface area (Å²) in [5.74, 6) is -0.162. The number of benzene rings is 1. The molecule has 5 nitrogen and oxygen atoms in total. The summed E-state index contributed by atoms with van der Waals surface area (Å²) in [7, 11) is 0. The lowest BCUT2D eigenvalue weighted by atomic mass is 10.2. The van der Waals surface area contributed by atoms with Gasteiger partial charge in [-0.25, -0.2) is 0 Å². The fourth-order valence-electron chi connectivity index (χ4n) is 1.91. The maximum absolute atomic E-state index is 11.9. The van der Waals surface area contributed by atoms with Crippen LogP contribution in [-0.2, 0) is 6.54 Å². The molecule has 1 aromatic heterocycles. The number of aromatic nitrogens is 2. The van der Waals surface area contributed by atoms with Gasteiger partial charge >= 0.3 is 0 Å². The van der Waals surface area contributed by atoms with E-state index in [9.17, 15) is 4.79 Å². The van der Waals surface area contributed by atoms with Gasteiger partial charge in [0.15, 0.2) is 0 Å². The van der Waals surface area contributed by atoms with E-state index >= 15 is 0 Å². The third kappa shape index (κ3) is 3.93. The van der Waals surface area contributed by atoms with Gasteiger partial charge in [0.1, 0.15) is 0 Å². The molecular weight excluding hydrogens is 254 g/mol. The second-order valence-electron chi connectivity index (χ2n) is 4.80. The topological polar surface area (TPSA) is 67.2 Å². The van der Waals surface area contributed by atoms with Crippen LogP contribution in [-0.4, -0.2) is 33.4 Å². The first-order chi connectivity index (χ1) is 9.69. The summed E-state index contributed by atoms with van der Waals surface area (Å²) in [4.78, 5) is 11.9. The molecule has 1 heterocycles. The van der Waals surface area contributed by atoms with Crippen molar-refractivity contribution in [3.05, 3.63) is 53.9 Å². The van der Waals surface area contributed by atoms with E-state index in [2.05, 4.69) is 10.4 Å². The zero-order valence-corrected chi connectivity index (χ0v) is 11.5. The highest BCUT2D eigenvalue weighted by Gasteiger charge is 2.11. The van der Waals surface area contributed by atoms with Crippen LogP contribution < -0.4 is 5.32 Å². The van der Waals surface area contributed by atoms with Crippen molar-refractivity contribution >= 4 is 5.91 Å². The minimum Gasteiger partial charge on any atom is -0.396 e. The average molecular weight is 273 g/mol. The quantitative estimate of drug-likeness (QED) is 0.836. The number of carbonyl (C=O) groups is 1. The van der Waals surface area contributed by atoms with Gasteiger partial charge in [0, 0.05) is 18.8 Å². The molecule has 1 atom stereocenters. The first-order valence-corrected chi connectivity index (χ1v) is 6.67. The molecule has 0 saturated heterocycles. The maximum atomic E-state index is 11.9. The number of hydrogen-bond acceptors (Lipinski definition) is 3. The molecule has 0 saturated carbocycles. The molecule has 0 fully saturated rings. The molecule has 0 aliphatic heterocycles. The van der Waals surface area contributed by atoms with E-state index in [1.807, 2.05) is 37.3 Å². The van der Waals surface area contributed by atoms with E-state index in [1.54, 1.807) is 17.1 Å². The van der Waals surface area contributed by atoms with Gasteiger partial charge in [-0.2, -0.15) is 5.10 Å². The van der Waals surface area contributed by atoms with Crippen molar-refractivity contribution in [2.24, 2.45) is 0 Å². The number of carbonyl (C=O) groups excluding carboxylic acids is 1. The van der Waals surface area contributed by atoms with E-state index in [4.69, 9.17) is 5.11 Å². The van der Waals surface area contributed by atoms with Gasteiger partial charge in [0.2, 0.25) is 0 Å². The Morgan fingerprint density at radius 2 is 2.15 bits per heavy atom. The van der Waals surface area contributed by atoms with Crippen LogP contribution in [0.2, 0.25) is 0 Å². The SMILES string of the molecule is CC(CCO)NC(=O)c1cnn(Cc2ccccc2)c1. The molecule has 5 heteroatoms. The summed E-state index contributed by atoms with van der Waals surface area (Å²) in [6.45, 7) is 2.57. The fraction of sp³-hybridized carbons (Fsp3) is 0.333. The van der Waals surface area contributed by atoms with E-state index < -0.39 is 0 Å². The minimum absolute atomic E-state index is 0.0510. The van der Waals surface area contributed by atoms with Crippen LogP contribution in [0.4, 0.5) is 0 Å². The summed E-state index contributed by atoms with van der Waals surface area (Å²) < 4.78 is 1.74. The van der Waals surface area contributed by atoms with Crippen LogP contribution >= 0.6 is 0 Å². The number of nitrogens with one attached hydrogen (secondary N) is 1. The van der Waals surface area contributed by atoms with Crippen molar-refractivity contribution in [2.45, 2.75) is 25.9 Å². The summed E-state index contributed by atoms with van der Waals surface area (Å²) >= 11 is 0. The Morgan fingerprint density at radius 1 is 1.40 bits per heavy atom. The molecule has 0 bridgehead atoms. The molecule has 1 unspecified atom stereocenters. The van der Waals surface area contributed by atoms with Gasteiger partial charge in [-0.1, -0.05) is 30.3 Å². The fourth-order valence-corrected chi connectivity index (χ4v) is 1.91. The number of rotatable bonds is 6. The lowest BCUT2D eigenvalue weighted by Crippen LogP contribution is -2.32. The van der Waals surface area contributed by atoms with Crippen molar-refractivity contribution in [3.8, 4) is 0 Å². The maximum Gasteiger partial charge on any atom is 0.254 e. The molecule has 0 aliphatic rings. The van der Waals surface area contributed by atoms with Crippen LogP contribution in [0.1, 0.15) is 29.3 Å². The number of aliphatic hydroxyl groups excluding tert-OH is 1. The Hall–Kier alpha value is -2.14. The number of amides is 1. The smallest absolute Gasteiger partial charge is 0.254 e. The highest BCUT2D eigenvalue weighted by molar-refractivity contribution is 5.93. The van der Waals surface area contributed by atoms with Crippen LogP contribution in [0.15, 0.2) is 42.7 Å². The van der Waals surface area contributed by atoms with E-state index in [-0.39, 0.29) is 18.6 Å². The number of aliphatic hydroxyl groups is 1. The second-order valence-corrected chi connectivity index (χ2v) is 4.80. The van der Waals surface area contributed by atoms with Crippen LogP contribution in [0.5, 0.6) is 0 Å². The Labute approximate surface area is 118 Å². The highest BCUT2D eigenvalue weighted by atomic mass is 16.3. The zero-order valence-electron chi connectivity index (χ0n) is 11.5.